The monoisotopic (exact) mass is 191 g/mol. The number of rotatable bonds is 1. The molecular weight excluding hydrogens is 174 g/mol. The highest BCUT2D eigenvalue weighted by Gasteiger charge is 2.35. The van der Waals surface area contributed by atoms with Gasteiger partial charge in [0.2, 0.25) is 0 Å². The second-order valence-electron chi connectivity index (χ2n) is 4.16. The number of aryl methyl sites for hydroxylation is 1. The average Bonchev–Trinajstić information content (AvgIpc) is 2.48. The summed E-state index contributed by atoms with van der Waals surface area (Å²) in [6.45, 7) is 7.23. The first-order valence-corrected chi connectivity index (χ1v) is 5.11. The van der Waals surface area contributed by atoms with Gasteiger partial charge in [0, 0.05) is 12.1 Å². The maximum Gasteiger partial charge on any atom is 0.143 e. The third-order valence-electron chi connectivity index (χ3n) is 2.82. The molecule has 1 aliphatic rings. The maximum absolute atomic E-state index is 5.90. The van der Waals surface area contributed by atoms with Gasteiger partial charge >= 0.3 is 0 Å². The third-order valence-corrected chi connectivity index (χ3v) is 2.82. The minimum atomic E-state index is -0.301. The van der Waals surface area contributed by atoms with E-state index in [2.05, 4.69) is 50.4 Å². The molecule has 1 aromatic carbocycles. The molecule has 1 saturated heterocycles. The lowest BCUT2D eigenvalue weighted by molar-refractivity contribution is -0.0346. The van der Waals surface area contributed by atoms with Crippen molar-refractivity contribution >= 4 is 0 Å². The second-order valence-corrected chi connectivity index (χ2v) is 4.16. The van der Waals surface area contributed by atoms with Gasteiger partial charge in [0.05, 0.1) is 6.10 Å². The Morgan fingerprint density at radius 2 is 2.14 bits per heavy atom. The molecule has 0 spiro atoms. The quantitative estimate of drug-likeness (QED) is 0.734. The first-order valence-electron chi connectivity index (χ1n) is 5.11. The molecule has 2 atom stereocenters. The normalized spacial score (nSPS) is 32.1. The Labute approximate surface area is 85.3 Å². The van der Waals surface area contributed by atoms with Crippen molar-refractivity contribution in [3.8, 4) is 0 Å². The topological polar surface area (TPSA) is 21.3 Å². The van der Waals surface area contributed by atoms with Gasteiger partial charge in [-0.1, -0.05) is 24.3 Å². The van der Waals surface area contributed by atoms with E-state index in [1.54, 1.807) is 0 Å². The van der Waals surface area contributed by atoms with Crippen molar-refractivity contribution in [2.45, 2.75) is 32.6 Å². The standard InChI is InChI=1S/C12H17NO/c1-9-6-4-5-7-11(9)12(3)13-8-10(2)14-12/h4-7,10,13H,8H2,1-3H3. The van der Waals surface area contributed by atoms with Gasteiger partial charge in [0.25, 0.3) is 0 Å². The van der Waals surface area contributed by atoms with Crippen LogP contribution in [0.5, 0.6) is 0 Å². The van der Waals surface area contributed by atoms with Crippen molar-refractivity contribution in [2.75, 3.05) is 6.54 Å². The summed E-state index contributed by atoms with van der Waals surface area (Å²) in [5.41, 5.74) is 2.21. The van der Waals surface area contributed by atoms with E-state index in [9.17, 15) is 0 Å². The number of hydrogen-bond donors (Lipinski definition) is 1. The predicted octanol–water partition coefficient (Wildman–Crippen LogP) is 2.18. The lowest BCUT2D eigenvalue weighted by Gasteiger charge is -2.26. The van der Waals surface area contributed by atoms with Gasteiger partial charge in [0.1, 0.15) is 5.72 Å². The van der Waals surface area contributed by atoms with Crippen LogP contribution in [0, 0.1) is 6.92 Å². The van der Waals surface area contributed by atoms with Crippen LogP contribution in [-0.2, 0) is 10.5 Å². The summed E-state index contributed by atoms with van der Waals surface area (Å²) in [6.07, 6.45) is 0.291. The first kappa shape index (κ1) is 9.69. The Kier molecular flexibility index (Phi) is 2.33. The maximum atomic E-state index is 5.90. The highest BCUT2D eigenvalue weighted by Crippen LogP contribution is 2.30. The molecule has 1 fully saturated rings. The van der Waals surface area contributed by atoms with Crippen LogP contribution in [0.25, 0.3) is 0 Å². The van der Waals surface area contributed by atoms with Crippen molar-refractivity contribution in [1.29, 1.82) is 0 Å². The van der Waals surface area contributed by atoms with E-state index < -0.39 is 0 Å². The van der Waals surface area contributed by atoms with Crippen molar-refractivity contribution in [2.24, 2.45) is 0 Å². The summed E-state index contributed by atoms with van der Waals surface area (Å²) in [5.74, 6) is 0. The molecule has 1 aromatic rings. The molecule has 0 saturated carbocycles. The fourth-order valence-electron chi connectivity index (χ4n) is 2.09. The average molecular weight is 191 g/mol. The van der Waals surface area contributed by atoms with Crippen molar-refractivity contribution in [3.63, 3.8) is 0 Å². The molecule has 0 radical (unpaired) electrons. The van der Waals surface area contributed by atoms with Crippen LogP contribution in [0.4, 0.5) is 0 Å². The van der Waals surface area contributed by atoms with Crippen LogP contribution in [-0.4, -0.2) is 12.6 Å². The number of nitrogens with one attached hydrogen (secondary N) is 1. The zero-order valence-corrected chi connectivity index (χ0v) is 9.00. The van der Waals surface area contributed by atoms with E-state index in [-0.39, 0.29) is 5.72 Å². The zero-order valence-electron chi connectivity index (χ0n) is 9.00. The molecule has 2 unspecified atom stereocenters. The first-order chi connectivity index (χ1) is 6.62. The molecule has 1 aliphatic heterocycles. The van der Waals surface area contributed by atoms with Gasteiger partial charge in [-0.2, -0.15) is 0 Å². The molecule has 0 aliphatic carbocycles. The molecule has 2 rings (SSSR count). The lowest BCUT2D eigenvalue weighted by atomic mass is 10.00. The SMILES string of the molecule is Cc1ccccc1C1(C)NCC(C)O1. The molecular formula is C12H17NO. The van der Waals surface area contributed by atoms with Crippen LogP contribution in [0.15, 0.2) is 24.3 Å². The van der Waals surface area contributed by atoms with Crippen molar-refractivity contribution < 1.29 is 4.74 Å². The molecule has 0 aromatic heterocycles. The van der Waals surface area contributed by atoms with Crippen LogP contribution < -0.4 is 5.32 Å². The van der Waals surface area contributed by atoms with E-state index in [0.29, 0.717) is 6.10 Å². The molecule has 1 heterocycles. The Bertz CT molecular complexity index is 337. The van der Waals surface area contributed by atoms with E-state index in [1.165, 1.54) is 11.1 Å². The summed E-state index contributed by atoms with van der Waals surface area (Å²) in [6, 6.07) is 8.36. The number of benzene rings is 1. The summed E-state index contributed by atoms with van der Waals surface area (Å²) >= 11 is 0. The molecule has 76 valence electrons. The van der Waals surface area contributed by atoms with Gasteiger partial charge in [-0.15, -0.1) is 0 Å². The molecule has 0 amide bonds. The van der Waals surface area contributed by atoms with E-state index in [1.807, 2.05) is 0 Å². The Hall–Kier alpha value is -0.860. The smallest absolute Gasteiger partial charge is 0.143 e. The Balaban J connectivity index is 2.35. The molecule has 14 heavy (non-hydrogen) atoms. The van der Waals surface area contributed by atoms with Crippen LogP contribution in [0.2, 0.25) is 0 Å². The van der Waals surface area contributed by atoms with Gasteiger partial charge in [-0.05, 0) is 26.3 Å². The second kappa shape index (κ2) is 3.37. The zero-order chi connectivity index (χ0) is 10.2. The number of ether oxygens (including phenoxy) is 1. The lowest BCUT2D eigenvalue weighted by Crippen LogP contribution is -2.35. The third kappa shape index (κ3) is 1.56. The van der Waals surface area contributed by atoms with Gasteiger partial charge in [-0.3, -0.25) is 5.32 Å². The largest absolute Gasteiger partial charge is 0.352 e. The Morgan fingerprint density at radius 1 is 1.43 bits per heavy atom. The summed E-state index contributed by atoms with van der Waals surface area (Å²) < 4.78 is 5.90. The van der Waals surface area contributed by atoms with Crippen LogP contribution in [0.3, 0.4) is 0 Å². The minimum Gasteiger partial charge on any atom is -0.352 e. The van der Waals surface area contributed by atoms with Gasteiger partial charge in [0.15, 0.2) is 0 Å². The highest BCUT2D eigenvalue weighted by atomic mass is 16.5. The van der Waals surface area contributed by atoms with Crippen LogP contribution >= 0.6 is 0 Å². The Morgan fingerprint density at radius 3 is 2.71 bits per heavy atom. The van der Waals surface area contributed by atoms with Crippen molar-refractivity contribution in [3.05, 3.63) is 35.4 Å². The van der Waals surface area contributed by atoms with E-state index in [0.717, 1.165) is 6.54 Å². The molecule has 0 bridgehead atoms. The van der Waals surface area contributed by atoms with E-state index in [4.69, 9.17) is 4.74 Å². The molecule has 2 nitrogen and oxygen atoms in total. The van der Waals surface area contributed by atoms with Gasteiger partial charge in [-0.25, -0.2) is 0 Å². The molecule has 2 heteroatoms. The summed E-state index contributed by atoms with van der Waals surface area (Å²) in [5, 5.41) is 3.42. The number of hydrogen-bond acceptors (Lipinski definition) is 2. The predicted molar refractivity (Wildman–Crippen MR) is 57.1 cm³/mol. The van der Waals surface area contributed by atoms with Crippen molar-refractivity contribution in [1.82, 2.24) is 5.32 Å². The fraction of sp³-hybridized carbons (Fsp3) is 0.500. The summed E-state index contributed by atoms with van der Waals surface area (Å²) in [7, 11) is 0. The fourth-order valence-corrected chi connectivity index (χ4v) is 2.09. The summed E-state index contributed by atoms with van der Waals surface area (Å²) in [4.78, 5) is 0. The van der Waals surface area contributed by atoms with Gasteiger partial charge < -0.3 is 4.74 Å². The highest BCUT2D eigenvalue weighted by molar-refractivity contribution is 5.31. The van der Waals surface area contributed by atoms with E-state index >= 15 is 0 Å². The minimum absolute atomic E-state index is 0.291. The van der Waals surface area contributed by atoms with Crippen LogP contribution in [0.1, 0.15) is 25.0 Å². The molecule has 1 N–H and O–H groups in total.